The predicted molar refractivity (Wildman–Crippen MR) is 96.8 cm³/mol. The molecule has 2 amide bonds. The van der Waals surface area contributed by atoms with Gasteiger partial charge in [0.25, 0.3) is 5.91 Å². The summed E-state index contributed by atoms with van der Waals surface area (Å²) >= 11 is 0. The second-order valence-corrected chi connectivity index (χ2v) is 5.20. The monoisotopic (exact) mass is 378 g/mol. The molecule has 0 atom stereocenters. The molecule has 136 valence electrons. The summed E-state index contributed by atoms with van der Waals surface area (Å²) in [6.07, 6.45) is 0. The molecule has 1 saturated heterocycles. The van der Waals surface area contributed by atoms with E-state index < -0.39 is 5.91 Å². The number of hydrogen-bond acceptors (Lipinski definition) is 5. The molecular formula is C15H24Cl2N4O3. The Kier molecular flexibility index (Phi) is 11.1. The van der Waals surface area contributed by atoms with Gasteiger partial charge in [-0.1, -0.05) is 12.1 Å². The molecule has 1 aliphatic rings. The Morgan fingerprint density at radius 1 is 1.17 bits per heavy atom. The van der Waals surface area contributed by atoms with Crippen molar-refractivity contribution in [3.05, 3.63) is 29.8 Å². The van der Waals surface area contributed by atoms with Gasteiger partial charge in [0.05, 0.1) is 6.54 Å². The Labute approximate surface area is 154 Å². The van der Waals surface area contributed by atoms with Crippen LogP contribution >= 0.6 is 24.8 Å². The van der Waals surface area contributed by atoms with E-state index in [9.17, 15) is 9.59 Å². The van der Waals surface area contributed by atoms with Gasteiger partial charge in [0, 0.05) is 32.7 Å². The minimum Gasteiger partial charge on any atom is -0.484 e. The summed E-state index contributed by atoms with van der Waals surface area (Å²) in [4.78, 5) is 24.6. The predicted octanol–water partition coefficient (Wildman–Crippen LogP) is -0.0843. The van der Waals surface area contributed by atoms with Crippen molar-refractivity contribution < 1.29 is 14.3 Å². The average Bonchev–Trinajstić information content (AvgIpc) is 2.53. The highest BCUT2D eigenvalue weighted by molar-refractivity contribution is 5.85. The zero-order valence-electron chi connectivity index (χ0n) is 13.3. The van der Waals surface area contributed by atoms with Crippen LogP contribution in [0.2, 0.25) is 0 Å². The summed E-state index contributed by atoms with van der Waals surface area (Å²) in [7, 11) is 0. The lowest BCUT2D eigenvalue weighted by atomic mass is 10.2. The second kappa shape index (κ2) is 11.9. The Morgan fingerprint density at radius 3 is 2.38 bits per heavy atom. The molecule has 0 aliphatic carbocycles. The van der Waals surface area contributed by atoms with Crippen LogP contribution in [0.25, 0.3) is 0 Å². The largest absolute Gasteiger partial charge is 0.484 e. The van der Waals surface area contributed by atoms with Gasteiger partial charge in [-0.15, -0.1) is 24.8 Å². The summed E-state index contributed by atoms with van der Waals surface area (Å²) in [6.45, 7) is 4.43. The Balaban J connectivity index is 0.00000264. The minimum absolute atomic E-state index is 0. The molecule has 4 N–H and O–H groups in total. The van der Waals surface area contributed by atoms with E-state index in [1.165, 1.54) is 0 Å². The van der Waals surface area contributed by atoms with Gasteiger partial charge >= 0.3 is 0 Å². The lowest BCUT2D eigenvalue weighted by Crippen LogP contribution is -2.47. The second-order valence-electron chi connectivity index (χ2n) is 5.20. The maximum Gasteiger partial charge on any atom is 0.255 e. The number of hydrogen-bond donors (Lipinski definition) is 3. The Morgan fingerprint density at radius 2 is 1.79 bits per heavy atom. The third kappa shape index (κ3) is 8.35. The van der Waals surface area contributed by atoms with E-state index >= 15 is 0 Å². The average molecular weight is 379 g/mol. The van der Waals surface area contributed by atoms with Crippen LogP contribution in [0.15, 0.2) is 24.3 Å². The molecule has 9 heteroatoms. The van der Waals surface area contributed by atoms with E-state index in [4.69, 9.17) is 10.5 Å². The summed E-state index contributed by atoms with van der Waals surface area (Å²) in [6, 6.07) is 7.20. The first-order valence-corrected chi connectivity index (χ1v) is 7.33. The standard InChI is InChI=1S/C15H22N4O3.2ClH/c16-14(20)11-22-13-3-1-12(2-4-13)9-18-15(21)10-19-7-5-17-6-8-19;;/h1-4,17H,5-11H2,(H2,16,20)(H,18,21);2*1H. The number of halogens is 2. The number of carbonyl (C=O) groups is 2. The van der Waals surface area contributed by atoms with Crippen molar-refractivity contribution in [1.29, 1.82) is 0 Å². The van der Waals surface area contributed by atoms with Crippen LogP contribution < -0.4 is 21.1 Å². The van der Waals surface area contributed by atoms with Crippen molar-refractivity contribution in [3.8, 4) is 5.75 Å². The van der Waals surface area contributed by atoms with Crippen molar-refractivity contribution in [2.45, 2.75) is 6.54 Å². The molecule has 0 saturated carbocycles. The molecule has 1 fully saturated rings. The highest BCUT2D eigenvalue weighted by Gasteiger charge is 2.12. The van der Waals surface area contributed by atoms with Gasteiger partial charge < -0.3 is 21.1 Å². The van der Waals surface area contributed by atoms with Crippen molar-refractivity contribution in [2.75, 3.05) is 39.3 Å². The van der Waals surface area contributed by atoms with Crippen LogP contribution in [0.3, 0.4) is 0 Å². The van der Waals surface area contributed by atoms with Gasteiger partial charge in [0.15, 0.2) is 6.61 Å². The number of benzene rings is 1. The number of carbonyl (C=O) groups excluding carboxylic acids is 2. The molecule has 1 aromatic carbocycles. The third-order valence-corrected chi connectivity index (χ3v) is 3.37. The van der Waals surface area contributed by atoms with Crippen molar-refractivity contribution in [3.63, 3.8) is 0 Å². The van der Waals surface area contributed by atoms with Crippen LogP contribution in [0.1, 0.15) is 5.56 Å². The minimum atomic E-state index is -0.510. The van der Waals surface area contributed by atoms with E-state index in [1.54, 1.807) is 12.1 Å². The fourth-order valence-electron chi connectivity index (χ4n) is 2.19. The molecule has 1 aliphatic heterocycles. The first-order chi connectivity index (χ1) is 10.6. The van der Waals surface area contributed by atoms with Crippen LogP contribution in [-0.2, 0) is 16.1 Å². The molecule has 0 radical (unpaired) electrons. The van der Waals surface area contributed by atoms with Gasteiger partial charge in [0.2, 0.25) is 5.91 Å². The topological polar surface area (TPSA) is 96.7 Å². The van der Waals surface area contributed by atoms with Crippen molar-refractivity contribution in [2.24, 2.45) is 5.73 Å². The molecule has 1 heterocycles. The van der Waals surface area contributed by atoms with Crippen LogP contribution in [0.4, 0.5) is 0 Å². The number of nitrogens with two attached hydrogens (primary N) is 1. The van der Waals surface area contributed by atoms with Gasteiger partial charge in [-0.25, -0.2) is 0 Å². The lowest BCUT2D eigenvalue weighted by Gasteiger charge is -2.26. The van der Waals surface area contributed by atoms with E-state index in [1.807, 2.05) is 12.1 Å². The number of primary amides is 1. The quantitative estimate of drug-likeness (QED) is 0.616. The first-order valence-electron chi connectivity index (χ1n) is 7.33. The molecule has 24 heavy (non-hydrogen) atoms. The zero-order valence-corrected chi connectivity index (χ0v) is 15.0. The molecule has 0 bridgehead atoms. The lowest BCUT2D eigenvalue weighted by molar-refractivity contribution is -0.122. The maximum absolute atomic E-state index is 11.9. The van der Waals surface area contributed by atoms with Gasteiger partial charge in [0.1, 0.15) is 5.75 Å². The highest BCUT2D eigenvalue weighted by atomic mass is 35.5. The van der Waals surface area contributed by atoms with Crippen molar-refractivity contribution in [1.82, 2.24) is 15.5 Å². The molecule has 1 aromatic rings. The molecule has 0 aromatic heterocycles. The first kappa shape index (κ1) is 22.5. The zero-order chi connectivity index (χ0) is 15.8. The summed E-state index contributed by atoms with van der Waals surface area (Å²) in [5, 5.41) is 6.15. The molecule has 7 nitrogen and oxygen atoms in total. The van der Waals surface area contributed by atoms with Crippen LogP contribution in [-0.4, -0.2) is 56.0 Å². The van der Waals surface area contributed by atoms with E-state index in [-0.39, 0.29) is 37.3 Å². The summed E-state index contributed by atoms with van der Waals surface area (Å²) < 4.78 is 5.17. The smallest absolute Gasteiger partial charge is 0.255 e. The summed E-state index contributed by atoms with van der Waals surface area (Å²) in [5.74, 6) is 0.0925. The number of nitrogens with one attached hydrogen (secondary N) is 2. The summed E-state index contributed by atoms with van der Waals surface area (Å²) in [5.41, 5.74) is 5.98. The molecule has 2 rings (SSSR count). The van der Waals surface area contributed by atoms with Crippen LogP contribution in [0.5, 0.6) is 5.75 Å². The normalized spacial score (nSPS) is 14.0. The Bertz CT molecular complexity index is 508. The van der Waals surface area contributed by atoms with E-state index in [2.05, 4.69) is 15.5 Å². The van der Waals surface area contributed by atoms with Gasteiger partial charge in [-0.3, -0.25) is 14.5 Å². The highest BCUT2D eigenvalue weighted by Crippen LogP contribution is 2.11. The van der Waals surface area contributed by atoms with Gasteiger partial charge in [-0.05, 0) is 17.7 Å². The fourth-order valence-corrected chi connectivity index (χ4v) is 2.19. The van der Waals surface area contributed by atoms with Crippen molar-refractivity contribution >= 4 is 36.6 Å². The van der Waals surface area contributed by atoms with Crippen LogP contribution in [0, 0.1) is 0 Å². The molecule has 0 spiro atoms. The fraction of sp³-hybridized carbons (Fsp3) is 0.467. The number of ether oxygens (including phenoxy) is 1. The molecule has 0 unspecified atom stereocenters. The number of rotatable bonds is 7. The van der Waals surface area contributed by atoms with E-state index in [0.29, 0.717) is 18.8 Å². The number of piperazine rings is 1. The SMILES string of the molecule is Cl.Cl.NC(=O)COc1ccc(CNC(=O)CN2CCNCC2)cc1. The maximum atomic E-state index is 11.9. The number of nitrogens with zero attached hydrogens (tertiary/aromatic N) is 1. The van der Waals surface area contributed by atoms with E-state index in [0.717, 1.165) is 31.7 Å². The van der Waals surface area contributed by atoms with Gasteiger partial charge in [-0.2, -0.15) is 0 Å². The third-order valence-electron chi connectivity index (χ3n) is 3.37. The molecular weight excluding hydrogens is 355 g/mol. The number of amides is 2. The Hall–Kier alpha value is -1.54.